The molecule has 0 spiro atoms. The number of carbonyl (C=O) groups is 1. The largest absolute Gasteiger partial charge is 0.486 e. The van der Waals surface area contributed by atoms with Crippen molar-refractivity contribution in [2.24, 2.45) is 4.99 Å². The van der Waals surface area contributed by atoms with Crippen molar-refractivity contribution < 1.29 is 14.3 Å². The minimum atomic E-state index is -0.284. The van der Waals surface area contributed by atoms with E-state index >= 15 is 0 Å². The van der Waals surface area contributed by atoms with Gasteiger partial charge in [-0.05, 0) is 18.2 Å². The molecule has 0 atom stereocenters. The maximum absolute atomic E-state index is 12.6. The second-order valence-electron chi connectivity index (χ2n) is 5.67. The fourth-order valence-electron chi connectivity index (χ4n) is 2.77. The Kier molecular flexibility index (Phi) is 4.65. The van der Waals surface area contributed by atoms with Crippen molar-refractivity contribution in [3.05, 3.63) is 63.9 Å². The number of fused-ring (bicyclic) bond motifs is 2. The maximum atomic E-state index is 12.6. The van der Waals surface area contributed by atoms with Crippen LogP contribution in [0, 0.1) is 0 Å². The molecule has 1 amide bonds. The van der Waals surface area contributed by atoms with Crippen LogP contribution in [0.3, 0.4) is 0 Å². The highest BCUT2D eigenvalue weighted by Gasteiger charge is 2.16. The highest BCUT2D eigenvalue weighted by atomic mass is 79.9. The van der Waals surface area contributed by atoms with Crippen LogP contribution in [0.4, 0.5) is 0 Å². The number of aromatic nitrogens is 1. The second-order valence-corrected chi connectivity index (χ2v) is 7.60. The standard InChI is InChI=1S/C19H15BrN2O3S/c1-2-6-22-14-10-15-16(25-8-7-24-15)11-17(14)26-19(22)21-18(23)12-4-3-5-13(20)9-12/h2-5,9-11H,1,6-8H2. The Morgan fingerprint density at radius 1 is 1.27 bits per heavy atom. The molecule has 7 heteroatoms. The van der Waals surface area contributed by atoms with E-state index < -0.39 is 0 Å². The second kappa shape index (κ2) is 7.09. The van der Waals surface area contributed by atoms with Gasteiger partial charge in [-0.25, -0.2) is 0 Å². The zero-order valence-electron chi connectivity index (χ0n) is 13.8. The Balaban J connectivity index is 1.86. The summed E-state index contributed by atoms with van der Waals surface area (Å²) in [7, 11) is 0. The van der Waals surface area contributed by atoms with E-state index in [9.17, 15) is 4.79 Å². The Morgan fingerprint density at radius 3 is 2.77 bits per heavy atom. The lowest BCUT2D eigenvalue weighted by Crippen LogP contribution is -2.17. The van der Waals surface area contributed by atoms with E-state index in [0.29, 0.717) is 35.9 Å². The van der Waals surface area contributed by atoms with Crippen LogP contribution in [-0.2, 0) is 6.54 Å². The van der Waals surface area contributed by atoms with Crippen LogP contribution in [0.5, 0.6) is 11.5 Å². The highest BCUT2D eigenvalue weighted by Crippen LogP contribution is 2.35. The number of hydrogen-bond acceptors (Lipinski definition) is 4. The maximum Gasteiger partial charge on any atom is 0.279 e. The van der Waals surface area contributed by atoms with Crippen molar-refractivity contribution >= 4 is 43.4 Å². The molecule has 0 saturated carbocycles. The zero-order chi connectivity index (χ0) is 18.1. The highest BCUT2D eigenvalue weighted by molar-refractivity contribution is 9.10. The van der Waals surface area contributed by atoms with Crippen LogP contribution in [0.1, 0.15) is 10.4 Å². The number of benzene rings is 2. The molecule has 5 nitrogen and oxygen atoms in total. The fourth-order valence-corrected chi connectivity index (χ4v) is 4.22. The Morgan fingerprint density at radius 2 is 2.04 bits per heavy atom. The smallest absolute Gasteiger partial charge is 0.279 e. The SMILES string of the molecule is C=CCn1c(=NC(=O)c2cccc(Br)c2)sc2cc3c(cc21)OCCO3. The lowest BCUT2D eigenvalue weighted by atomic mass is 10.2. The zero-order valence-corrected chi connectivity index (χ0v) is 16.2. The van der Waals surface area contributed by atoms with Crippen molar-refractivity contribution in [3.63, 3.8) is 0 Å². The summed E-state index contributed by atoms with van der Waals surface area (Å²) in [6, 6.07) is 11.1. The molecule has 0 fully saturated rings. The number of nitrogens with zero attached hydrogens (tertiary/aromatic N) is 2. The monoisotopic (exact) mass is 430 g/mol. The number of halogens is 1. The molecule has 1 aliphatic rings. The van der Waals surface area contributed by atoms with Crippen molar-refractivity contribution in [2.75, 3.05) is 13.2 Å². The summed E-state index contributed by atoms with van der Waals surface area (Å²) in [4.78, 5) is 17.5. The third-order valence-corrected chi connectivity index (χ3v) is 5.46. The molecule has 0 radical (unpaired) electrons. The van der Waals surface area contributed by atoms with Gasteiger partial charge in [0, 0.05) is 28.7 Å². The number of rotatable bonds is 3. The molecule has 0 saturated heterocycles. The molecule has 3 aromatic rings. The minimum Gasteiger partial charge on any atom is -0.486 e. The van der Waals surface area contributed by atoms with Crippen molar-refractivity contribution in [1.82, 2.24) is 4.57 Å². The molecule has 2 heterocycles. The number of allylic oxidation sites excluding steroid dienone is 1. The Bertz CT molecular complexity index is 1080. The first kappa shape index (κ1) is 17.1. The normalized spacial score (nSPS) is 13.8. The fraction of sp³-hybridized carbons (Fsp3) is 0.158. The summed E-state index contributed by atoms with van der Waals surface area (Å²) in [5.74, 6) is 1.15. The van der Waals surface area contributed by atoms with E-state index in [1.807, 2.05) is 28.8 Å². The van der Waals surface area contributed by atoms with Gasteiger partial charge < -0.3 is 14.0 Å². The third-order valence-electron chi connectivity index (χ3n) is 3.93. The first-order valence-electron chi connectivity index (χ1n) is 8.04. The first-order chi connectivity index (χ1) is 12.7. The predicted molar refractivity (Wildman–Crippen MR) is 105 cm³/mol. The summed E-state index contributed by atoms with van der Waals surface area (Å²) >= 11 is 4.83. The van der Waals surface area contributed by atoms with Gasteiger partial charge in [0.05, 0.1) is 10.2 Å². The van der Waals surface area contributed by atoms with E-state index in [0.717, 1.165) is 20.4 Å². The van der Waals surface area contributed by atoms with E-state index in [4.69, 9.17) is 9.47 Å². The van der Waals surface area contributed by atoms with Crippen LogP contribution >= 0.6 is 27.3 Å². The average Bonchev–Trinajstić information content (AvgIpc) is 2.96. The van der Waals surface area contributed by atoms with Gasteiger partial charge in [-0.2, -0.15) is 4.99 Å². The number of carbonyl (C=O) groups excluding carboxylic acids is 1. The lowest BCUT2D eigenvalue weighted by Gasteiger charge is -2.18. The molecule has 1 aliphatic heterocycles. The van der Waals surface area contributed by atoms with Gasteiger partial charge in [0.25, 0.3) is 5.91 Å². The molecule has 2 aromatic carbocycles. The summed E-state index contributed by atoms with van der Waals surface area (Å²) in [5, 5.41) is 0. The molecular weight excluding hydrogens is 416 g/mol. The van der Waals surface area contributed by atoms with Gasteiger partial charge in [0.1, 0.15) is 13.2 Å². The van der Waals surface area contributed by atoms with Gasteiger partial charge in [0.15, 0.2) is 16.3 Å². The minimum absolute atomic E-state index is 0.284. The Labute approximate surface area is 162 Å². The van der Waals surface area contributed by atoms with Gasteiger partial charge in [-0.15, -0.1) is 6.58 Å². The molecule has 0 aliphatic carbocycles. The number of thiazole rings is 1. The lowest BCUT2D eigenvalue weighted by molar-refractivity contribution is 0.0998. The van der Waals surface area contributed by atoms with Crippen LogP contribution in [0.15, 0.2) is 58.5 Å². The van der Waals surface area contributed by atoms with Gasteiger partial charge >= 0.3 is 0 Å². The Hall–Kier alpha value is -2.38. The summed E-state index contributed by atoms with van der Waals surface area (Å²) < 4.78 is 15.1. The predicted octanol–water partition coefficient (Wildman–Crippen LogP) is 4.16. The molecule has 132 valence electrons. The van der Waals surface area contributed by atoms with Crippen molar-refractivity contribution in [3.8, 4) is 11.5 Å². The molecule has 0 N–H and O–H groups in total. The van der Waals surface area contributed by atoms with Gasteiger partial charge in [-0.3, -0.25) is 4.79 Å². The number of amides is 1. The number of hydrogen-bond donors (Lipinski definition) is 0. The van der Waals surface area contributed by atoms with Crippen LogP contribution in [0.2, 0.25) is 0 Å². The summed E-state index contributed by atoms with van der Waals surface area (Å²) in [6.07, 6.45) is 1.78. The van der Waals surface area contributed by atoms with Crippen LogP contribution in [-0.4, -0.2) is 23.7 Å². The molecule has 1 aromatic heterocycles. The molecule has 4 rings (SSSR count). The third kappa shape index (κ3) is 3.20. The summed E-state index contributed by atoms with van der Waals surface area (Å²) in [6.45, 7) is 5.43. The quantitative estimate of drug-likeness (QED) is 0.586. The van der Waals surface area contributed by atoms with Crippen molar-refractivity contribution in [1.29, 1.82) is 0 Å². The average molecular weight is 431 g/mol. The van der Waals surface area contributed by atoms with Crippen molar-refractivity contribution in [2.45, 2.75) is 6.54 Å². The van der Waals surface area contributed by atoms with Crippen LogP contribution in [0.25, 0.3) is 10.2 Å². The van der Waals surface area contributed by atoms with E-state index in [1.54, 1.807) is 18.2 Å². The molecule has 26 heavy (non-hydrogen) atoms. The van der Waals surface area contributed by atoms with Crippen LogP contribution < -0.4 is 14.3 Å². The van der Waals surface area contributed by atoms with Gasteiger partial charge in [0.2, 0.25) is 0 Å². The van der Waals surface area contributed by atoms with E-state index in [-0.39, 0.29) is 5.91 Å². The molecule has 0 bridgehead atoms. The summed E-state index contributed by atoms with van der Waals surface area (Å²) in [5.41, 5.74) is 1.48. The molecular formula is C19H15BrN2O3S. The van der Waals surface area contributed by atoms with E-state index in [2.05, 4.69) is 27.5 Å². The van der Waals surface area contributed by atoms with Gasteiger partial charge in [-0.1, -0.05) is 39.4 Å². The van der Waals surface area contributed by atoms with E-state index in [1.165, 1.54) is 11.3 Å². The molecule has 0 unspecified atom stereocenters. The number of ether oxygens (including phenoxy) is 2. The first-order valence-corrected chi connectivity index (χ1v) is 9.65. The topological polar surface area (TPSA) is 52.8 Å².